The quantitative estimate of drug-likeness (QED) is 0.498. The number of pyridine rings is 1. The van der Waals surface area contributed by atoms with Crippen LogP contribution in [-0.4, -0.2) is 11.6 Å². The summed E-state index contributed by atoms with van der Waals surface area (Å²) in [6, 6.07) is 18.3. The molecule has 5 heteroatoms. The summed E-state index contributed by atoms with van der Waals surface area (Å²) < 4.78 is 11.7. The lowest BCUT2D eigenvalue weighted by Crippen LogP contribution is -2.13. The Morgan fingerprint density at radius 2 is 1.57 bits per heavy atom. The van der Waals surface area contributed by atoms with Gasteiger partial charge in [0, 0.05) is 24.8 Å². The number of rotatable bonds is 9. The van der Waals surface area contributed by atoms with Gasteiger partial charge in [-0.1, -0.05) is 53.6 Å². The zero-order chi connectivity index (χ0) is 19.8. The second kappa shape index (κ2) is 10.1. The van der Waals surface area contributed by atoms with Crippen LogP contribution in [0.15, 0.2) is 60.8 Å². The number of hydrogen-bond donors (Lipinski definition) is 1. The largest absolute Gasteiger partial charge is 0.490 e. The third-order valence-corrected chi connectivity index (χ3v) is 4.49. The molecule has 0 bridgehead atoms. The van der Waals surface area contributed by atoms with Crippen LogP contribution in [0.3, 0.4) is 0 Å². The molecular weight excluding hydrogens is 372 g/mol. The first-order valence-corrected chi connectivity index (χ1v) is 9.77. The van der Waals surface area contributed by atoms with Crippen molar-refractivity contribution in [2.45, 2.75) is 33.5 Å². The van der Waals surface area contributed by atoms with Gasteiger partial charge in [-0.3, -0.25) is 0 Å². The third-order valence-electron chi connectivity index (χ3n) is 4.27. The maximum atomic E-state index is 5.93. The number of aromatic nitrogens is 1. The van der Waals surface area contributed by atoms with E-state index in [1.807, 2.05) is 25.1 Å². The van der Waals surface area contributed by atoms with Crippen LogP contribution in [0.1, 0.15) is 29.2 Å². The number of halogens is 1. The molecule has 0 fully saturated rings. The highest BCUT2D eigenvalue weighted by Crippen LogP contribution is 2.29. The Labute approximate surface area is 171 Å². The third kappa shape index (κ3) is 5.98. The Morgan fingerprint density at radius 3 is 2.29 bits per heavy atom. The summed E-state index contributed by atoms with van der Waals surface area (Å²) in [6.07, 6.45) is 1.71. The number of nitrogens with zero attached hydrogens (tertiary/aromatic N) is 1. The lowest BCUT2D eigenvalue weighted by Gasteiger charge is -2.14. The first-order chi connectivity index (χ1) is 13.6. The van der Waals surface area contributed by atoms with E-state index in [0.29, 0.717) is 18.4 Å². The number of nitrogens with one attached hydrogen (secondary N) is 1. The molecule has 0 unspecified atom stereocenters. The van der Waals surface area contributed by atoms with Crippen LogP contribution >= 0.6 is 11.6 Å². The van der Waals surface area contributed by atoms with E-state index >= 15 is 0 Å². The predicted octanol–water partition coefficient (Wildman–Crippen LogP) is 5.31. The van der Waals surface area contributed by atoms with Gasteiger partial charge in [0.2, 0.25) is 0 Å². The smallest absolute Gasteiger partial charge is 0.161 e. The molecule has 1 N–H and O–H groups in total. The summed E-state index contributed by atoms with van der Waals surface area (Å²) in [5.41, 5.74) is 4.65. The average molecular weight is 397 g/mol. The van der Waals surface area contributed by atoms with Gasteiger partial charge >= 0.3 is 0 Å². The van der Waals surface area contributed by atoms with Gasteiger partial charge in [0.25, 0.3) is 0 Å². The summed E-state index contributed by atoms with van der Waals surface area (Å²) in [7, 11) is 0. The molecule has 3 aromatic rings. The second-order valence-corrected chi connectivity index (χ2v) is 6.97. The first-order valence-electron chi connectivity index (χ1n) is 9.39. The topological polar surface area (TPSA) is 43.4 Å². The number of benzene rings is 2. The molecule has 0 saturated carbocycles. The molecule has 4 nitrogen and oxygen atoms in total. The lowest BCUT2D eigenvalue weighted by atomic mass is 10.1. The van der Waals surface area contributed by atoms with Gasteiger partial charge in [0.15, 0.2) is 11.5 Å². The molecule has 2 aromatic carbocycles. The van der Waals surface area contributed by atoms with Crippen LogP contribution in [0, 0.1) is 6.92 Å². The van der Waals surface area contributed by atoms with Crippen molar-refractivity contribution in [2.24, 2.45) is 0 Å². The van der Waals surface area contributed by atoms with Crippen molar-refractivity contribution in [1.29, 1.82) is 0 Å². The van der Waals surface area contributed by atoms with E-state index in [0.717, 1.165) is 35.7 Å². The highest BCUT2D eigenvalue weighted by atomic mass is 35.5. The van der Waals surface area contributed by atoms with Crippen molar-refractivity contribution in [3.05, 3.63) is 88.2 Å². The van der Waals surface area contributed by atoms with Crippen molar-refractivity contribution in [3.63, 3.8) is 0 Å². The van der Waals surface area contributed by atoms with Gasteiger partial charge in [0.05, 0.1) is 6.61 Å². The van der Waals surface area contributed by atoms with Gasteiger partial charge in [-0.15, -0.1) is 0 Å². The van der Waals surface area contributed by atoms with Crippen molar-refractivity contribution < 1.29 is 9.47 Å². The summed E-state index contributed by atoms with van der Waals surface area (Å²) >= 11 is 5.82. The molecule has 146 valence electrons. The van der Waals surface area contributed by atoms with Crippen molar-refractivity contribution in [2.75, 3.05) is 6.61 Å². The molecule has 0 saturated heterocycles. The Balaban J connectivity index is 1.59. The van der Waals surface area contributed by atoms with E-state index in [9.17, 15) is 0 Å². The highest BCUT2D eigenvalue weighted by molar-refractivity contribution is 6.29. The van der Waals surface area contributed by atoms with Crippen molar-refractivity contribution in [1.82, 2.24) is 10.3 Å². The van der Waals surface area contributed by atoms with E-state index in [2.05, 4.69) is 47.6 Å². The van der Waals surface area contributed by atoms with E-state index in [1.54, 1.807) is 12.3 Å². The second-order valence-electron chi connectivity index (χ2n) is 6.58. The van der Waals surface area contributed by atoms with E-state index in [-0.39, 0.29) is 0 Å². The Bertz CT molecular complexity index is 880. The van der Waals surface area contributed by atoms with E-state index in [4.69, 9.17) is 21.1 Å². The number of aryl methyl sites for hydroxylation is 1. The van der Waals surface area contributed by atoms with Gasteiger partial charge in [0.1, 0.15) is 11.8 Å². The zero-order valence-electron chi connectivity index (χ0n) is 16.2. The van der Waals surface area contributed by atoms with Crippen LogP contribution in [-0.2, 0) is 19.7 Å². The fourth-order valence-electron chi connectivity index (χ4n) is 2.76. The minimum Gasteiger partial charge on any atom is -0.490 e. The standard InChI is InChI=1S/C23H25ClN2O2/c1-3-27-22-12-19(14-25-13-18-6-4-17(2)5-7-18)8-10-21(22)28-16-20-9-11-23(24)26-15-20/h4-12,15,25H,3,13-14,16H2,1-2H3. The minimum atomic E-state index is 0.412. The molecule has 0 spiro atoms. The Morgan fingerprint density at radius 1 is 0.857 bits per heavy atom. The monoisotopic (exact) mass is 396 g/mol. The van der Waals surface area contributed by atoms with Crippen LogP contribution in [0.4, 0.5) is 0 Å². The summed E-state index contributed by atoms with van der Waals surface area (Å²) in [5, 5.41) is 3.95. The lowest BCUT2D eigenvalue weighted by molar-refractivity contribution is 0.269. The highest BCUT2D eigenvalue weighted by Gasteiger charge is 2.07. The summed E-state index contributed by atoms with van der Waals surface area (Å²) in [6.45, 7) is 6.64. The summed E-state index contributed by atoms with van der Waals surface area (Å²) in [4.78, 5) is 4.07. The van der Waals surface area contributed by atoms with Crippen LogP contribution in [0.25, 0.3) is 0 Å². The molecular formula is C23H25ClN2O2. The Hall–Kier alpha value is -2.56. The molecule has 0 aliphatic heterocycles. The van der Waals surface area contributed by atoms with E-state index in [1.165, 1.54) is 11.1 Å². The average Bonchev–Trinajstić information content (AvgIpc) is 2.70. The van der Waals surface area contributed by atoms with Gasteiger partial charge in [-0.2, -0.15) is 0 Å². The molecule has 1 aromatic heterocycles. The normalized spacial score (nSPS) is 10.7. The number of hydrogen-bond acceptors (Lipinski definition) is 4. The molecule has 0 radical (unpaired) electrons. The fourth-order valence-corrected chi connectivity index (χ4v) is 2.87. The predicted molar refractivity (Wildman–Crippen MR) is 113 cm³/mol. The van der Waals surface area contributed by atoms with Gasteiger partial charge in [-0.25, -0.2) is 4.98 Å². The number of ether oxygens (including phenoxy) is 2. The molecule has 0 atom stereocenters. The van der Waals surface area contributed by atoms with Crippen LogP contribution < -0.4 is 14.8 Å². The maximum absolute atomic E-state index is 5.93. The fraction of sp³-hybridized carbons (Fsp3) is 0.261. The van der Waals surface area contributed by atoms with Gasteiger partial charge in [-0.05, 0) is 43.2 Å². The van der Waals surface area contributed by atoms with E-state index < -0.39 is 0 Å². The maximum Gasteiger partial charge on any atom is 0.161 e. The Kier molecular flexibility index (Phi) is 7.29. The van der Waals surface area contributed by atoms with Crippen LogP contribution in [0.2, 0.25) is 5.15 Å². The molecule has 3 rings (SSSR count). The zero-order valence-corrected chi connectivity index (χ0v) is 17.0. The van der Waals surface area contributed by atoms with Crippen LogP contribution in [0.5, 0.6) is 11.5 Å². The minimum absolute atomic E-state index is 0.412. The molecule has 0 aliphatic rings. The van der Waals surface area contributed by atoms with Crippen molar-refractivity contribution in [3.8, 4) is 11.5 Å². The SMILES string of the molecule is CCOc1cc(CNCc2ccc(C)cc2)ccc1OCc1ccc(Cl)nc1. The van der Waals surface area contributed by atoms with Crippen molar-refractivity contribution >= 4 is 11.6 Å². The summed E-state index contributed by atoms with van der Waals surface area (Å²) in [5.74, 6) is 1.47. The molecule has 0 amide bonds. The first kappa shape index (κ1) is 20.2. The molecule has 28 heavy (non-hydrogen) atoms. The van der Waals surface area contributed by atoms with Gasteiger partial charge < -0.3 is 14.8 Å². The molecule has 0 aliphatic carbocycles. The molecule has 1 heterocycles.